The van der Waals surface area contributed by atoms with Crippen molar-refractivity contribution in [1.82, 2.24) is 10.2 Å². The molecule has 150 valence electrons. The summed E-state index contributed by atoms with van der Waals surface area (Å²) in [6, 6.07) is 16.3. The highest BCUT2D eigenvalue weighted by Gasteiger charge is 2.21. The van der Waals surface area contributed by atoms with Gasteiger partial charge in [-0.3, -0.25) is 9.69 Å². The molecule has 2 aromatic rings. The zero-order valence-electron chi connectivity index (χ0n) is 16.9. The Balaban J connectivity index is 1.38. The Morgan fingerprint density at radius 2 is 1.89 bits per heavy atom. The molecular weight excluding hydrogens is 350 g/mol. The van der Waals surface area contributed by atoms with Gasteiger partial charge in [0.15, 0.2) is 6.61 Å². The number of ether oxygens (including phenoxy) is 1. The molecule has 5 heteroatoms. The molecule has 5 nitrogen and oxygen atoms in total. The lowest BCUT2D eigenvalue weighted by Crippen LogP contribution is -2.37. The van der Waals surface area contributed by atoms with Crippen LogP contribution in [0.1, 0.15) is 30.9 Å². The largest absolute Gasteiger partial charge is 0.484 e. The molecule has 1 saturated heterocycles. The zero-order valence-corrected chi connectivity index (χ0v) is 16.9. The summed E-state index contributed by atoms with van der Waals surface area (Å²) in [5.74, 6) is 0.544. The number of carbonyl (C=O) groups is 1. The topological polar surface area (TPSA) is 53.6 Å². The highest BCUT2D eigenvalue weighted by Crippen LogP contribution is 2.16. The van der Waals surface area contributed by atoms with Crippen molar-refractivity contribution in [3.63, 3.8) is 0 Å². The van der Waals surface area contributed by atoms with Crippen molar-refractivity contribution in [3.8, 4) is 5.75 Å². The number of aryl methyl sites for hydroxylation is 1. The Morgan fingerprint density at radius 1 is 1.14 bits per heavy atom. The molecule has 28 heavy (non-hydrogen) atoms. The Kier molecular flexibility index (Phi) is 7.46. The SMILES string of the molecule is CCN1CCCC1CNCc1ccc(OCC(=O)Nc2ccc(C)cc2)cc1. The molecule has 1 fully saturated rings. The van der Waals surface area contributed by atoms with E-state index >= 15 is 0 Å². The van der Waals surface area contributed by atoms with E-state index < -0.39 is 0 Å². The van der Waals surface area contributed by atoms with E-state index in [1.807, 2.05) is 55.5 Å². The van der Waals surface area contributed by atoms with Gasteiger partial charge in [0.1, 0.15) is 5.75 Å². The Labute approximate surface area is 168 Å². The van der Waals surface area contributed by atoms with E-state index in [-0.39, 0.29) is 12.5 Å². The fourth-order valence-electron chi connectivity index (χ4n) is 3.61. The summed E-state index contributed by atoms with van der Waals surface area (Å²) in [5.41, 5.74) is 3.16. The molecule has 2 aromatic carbocycles. The first-order valence-electron chi connectivity index (χ1n) is 10.2. The molecule has 3 rings (SSSR count). The lowest BCUT2D eigenvalue weighted by atomic mass is 10.2. The van der Waals surface area contributed by atoms with Crippen LogP contribution in [0.25, 0.3) is 0 Å². The lowest BCUT2D eigenvalue weighted by molar-refractivity contribution is -0.118. The van der Waals surface area contributed by atoms with Gasteiger partial charge in [-0.05, 0) is 62.7 Å². The predicted molar refractivity (Wildman–Crippen MR) is 114 cm³/mol. The van der Waals surface area contributed by atoms with E-state index in [4.69, 9.17) is 4.74 Å². The van der Waals surface area contributed by atoms with Gasteiger partial charge in [0.25, 0.3) is 5.91 Å². The zero-order chi connectivity index (χ0) is 19.8. The number of nitrogens with zero attached hydrogens (tertiary/aromatic N) is 1. The highest BCUT2D eigenvalue weighted by atomic mass is 16.5. The van der Waals surface area contributed by atoms with Crippen LogP contribution in [0.5, 0.6) is 5.75 Å². The molecule has 0 aromatic heterocycles. The maximum atomic E-state index is 12.0. The number of amides is 1. The molecule has 2 N–H and O–H groups in total. The summed E-state index contributed by atoms with van der Waals surface area (Å²) < 4.78 is 5.59. The molecule has 1 amide bonds. The second-order valence-electron chi connectivity index (χ2n) is 7.40. The van der Waals surface area contributed by atoms with Gasteiger partial charge in [0, 0.05) is 24.8 Å². The molecular formula is C23H31N3O2. The normalized spacial score (nSPS) is 16.9. The number of benzene rings is 2. The number of rotatable bonds is 9. The van der Waals surface area contributed by atoms with Gasteiger partial charge in [-0.25, -0.2) is 0 Å². The van der Waals surface area contributed by atoms with E-state index in [1.165, 1.54) is 24.9 Å². The van der Waals surface area contributed by atoms with Crippen molar-refractivity contribution in [1.29, 1.82) is 0 Å². The van der Waals surface area contributed by atoms with Crippen LogP contribution < -0.4 is 15.4 Å². The van der Waals surface area contributed by atoms with E-state index in [2.05, 4.69) is 22.5 Å². The quantitative estimate of drug-likeness (QED) is 0.697. The van der Waals surface area contributed by atoms with Crippen LogP contribution in [0, 0.1) is 6.92 Å². The van der Waals surface area contributed by atoms with Crippen molar-refractivity contribution in [3.05, 3.63) is 59.7 Å². The van der Waals surface area contributed by atoms with Crippen LogP contribution in [-0.2, 0) is 11.3 Å². The number of likely N-dealkylation sites (N-methyl/N-ethyl adjacent to an activating group) is 1. The summed E-state index contributed by atoms with van der Waals surface area (Å²) in [6.45, 7) is 8.50. The van der Waals surface area contributed by atoms with Crippen molar-refractivity contribution in [2.24, 2.45) is 0 Å². The number of hydrogen-bond acceptors (Lipinski definition) is 4. The molecule has 0 radical (unpaired) electrons. The standard InChI is InChI=1S/C23H31N3O2/c1-3-26-14-4-5-21(26)16-24-15-19-8-12-22(13-9-19)28-17-23(27)25-20-10-6-18(2)7-11-20/h6-13,21,24H,3-5,14-17H2,1-2H3,(H,25,27). The third kappa shape index (κ3) is 6.08. The number of nitrogens with one attached hydrogen (secondary N) is 2. The summed E-state index contributed by atoms with van der Waals surface area (Å²) >= 11 is 0. The molecule has 0 aliphatic carbocycles. The van der Waals surface area contributed by atoms with Crippen molar-refractivity contribution >= 4 is 11.6 Å². The number of anilines is 1. The van der Waals surface area contributed by atoms with E-state index in [1.54, 1.807) is 0 Å². The summed E-state index contributed by atoms with van der Waals surface area (Å²) in [4.78, 5) is 14.6. The van der Waals surface area contributed by atoms with E-state index in [0.29, 0.717) is 11.8 Å². The third-order valence-corrected chi connectivity index (χ3v) is 5.24. The molecule has 1 atom stereocenters. The predicted octanol–water partition coefficient (Wildman–Crippen LogP) is 3.59. The molecule has 0 bridgehead atoms. The third-order valence-electron chi connectivity index (χ3n) is 5.24. The maximum Gasteiger partial charge on any atom is 0.262 e. The maximum absolute atomic E-state index is 12.0. The summed E-state index contributed by atoms with van der Waals surface area (Å²) in [6.07, 6.45) is 2.60. The van der Waals surface area contributed by atoms with Crippen molar-refractivity contribution in [2.45, 2.75) is 39.3 Å². The number of hydrogen-bond donors (Lipinski definition) is 2. The summed E-state index contributed by atoms with van der Waals surface area (Å²) in [7, 11) is 0. The fourth-order valence-corrected chi connectivity index (χ4v) is 3.61. The monoisotopic (exact) mass is 381 g/mol. The van der Waals surface area contributed by atoms with E-state index in [0.717, 1.165) is 30.9 Å². The van der Waals surface area contributed by atoms with Gasteiger partial charge in [-0.1, -0.05) is 36.8 Å². The number of carbonyl (C=O) groups excluding carboxylic acids is 1. The van der Waals surface area contributed by atoms with Gasteiger partial charge >= 0.3 is 0 Å². The fraction of sp³-hybridized carbons (Fsp3) is 0.435. The molecule has 0 saturated carbocycles. The van der Waals surface area contributed by atoms with Gasteiger partial charge < -0.3 is 15.4 Å². The van der Waals surface area contributed by atoms with Crippen molar-refractivity contribution < 1.29 is 9.53 Å². The molecule has 1 aliphatic heterocycles. The van der Waals surface area contributed by atoms with Crippen LogP contribution in [0.3, 0.4) is 0 Å². The number of likely N-dealkylation sites (tertiary alicyclic amines) is 1. The van der Waals surface area contributed by atoms with Crippen LogP contribution in [-0.4, -0.2) is 43.1 Å². The Bertz CT molecular complexity index is 743. The first-order valence-corrected chi connectivity index (χ1v) is 10.2. The van der Waals surface area contributed by atoms with Crippen molar-refractivity contribution in [2.75, 3.05) is 31.6 Å². The second kappa shape index (κ2) is 10.2. The van der Waals surface area contributed by atoms with Gasteiger partial charge in [-0.15, -0.1) is 0 Å². The van der Waals surface area contributed by atoms with Gasteiger partial charge in [0.05, 0.1) is 0 Å². The molecule has 1 unspecified atom stereocenters. The smallest absolute Gasteiger partial charge is 0.262 e. The minimum atomic E-state index is -0.161. The molecule has 1 aliphatic rings. The van der Waals surface area contributed by atoms with Crippen LogP contribution in [0.2, 0.25) is 0 Å². The minimum absolute atomic E-state index is 0.00000551. The highest BCUT2D eigenvalue weighted by molar-refractivity contribution is 5.91. The summed E-state index contributed by atoms with van der Waals surface area (Å²) in [5, 5.41) is 6.40. The first kappa shape index (κ1) is 20.4. The first-order chi connectivity index (χ1) is 13.6. The van der Waals surface area contributed by atoms with E-state index in [9.17, 15) is 4.79 Å². The Morgan fingerprint density at radius 3 is 2.61 bits per heavy atom. The van der Waals surface area contributed by atoms with Crippen LogP contribution >= 0.6 is 0 Å². The Hall–Kier alpha value is -2.37. The minimum Gasteiger partial charge on any atom is -0.484 e. The van der Waals surface area contributed by atoms with Crippen LogP contribution in [0.15, 0.2) is 48.5 Å². The second-order valence-corrected chi connectivity index (χ2v) is 7.40. The van der Waals surface area contributed by atoms with Crippen LogP contribution in [0.4, 0.5) is 5.69 Å². The van der Waals surface area contributed by atoms with Gasteiger partial charge in [0.2, 0.25) is 0 Å². The average Bonchev–Trinajstić information content (AvgIpc) is 3.17. The average molecular weight is 382 g/mol. The lowest BCUT2D eigenvalue weighted by Gasteiger charge is -2.23. The molecule has 1 heterocycles. The van der Waals surface area contributed by atoms with Gasteiger partial charge in [-0.2, -0.15) is 0 Å². The molecule has 0 spiro atoms.